The zero-order valence-electron chi connectivity index (χ0n) is 14.9. The normalized spacial score (nSPS) is 11.2. The van der Waals surface area contributed by atoms with Crippen LogP contribution in [-0.2, 0) is 10.0 Å². The van der Waals surface area contributed by atoms with Crippen molar-refractivity contribution < 1.29 is 17.6 Å². The van der Waals surface area contributed by atoms with Gasteiger partial charge in [-0.05, 0) is 49.9 Å². The van der Waals surface area contributed by atoms with Gasteiger partial charge in [-0.15, -0.1) is 0 Å². The van der Waals surface area contributed by atoms with Crippen molar-refractivity contribution in [3.05, 3.63) is 59.4 Å². The molecule has 0 heterocycles. The monoisotopic (exact) mass is 379 g/mol. The van der Waals surface area contributed by atoms with Crippen LogP contribution in [0.3, 0.4) is 0 Å². The molecule has 0 radical (unpaired) electrons. The maximum Gasteiger partial charge on any atom is 0.262 e. The van der Waals surface area contributed by atoms with Gasteiger partial charge in [0.05, 0.1) is 16.1 Å². The molecular formula is C18H22FN3O3S. The second kappa shape index (κ2) is 8.29. The molecule has 0 aromatic heterocycles. The smallest absolute Gasteiger partial charge is 0.262 e. The molecule has 0 fully saturated rings. The Hall–Kier alpha value is -2.45. The van der Waals surface area contributed by atoms with Crippen LogP contribution in [0.4, 0.5) is 10.1 Å². The van der Waals surface area contributed by atoms with Gasteiger partial charge in [-0.25, -0.2) is 12.8 Å². The fourth-order valence-corrected chi connectivity index (χ4v) is 3.77. The van der Waals surface area contributed by atoms with E-state index in [0.717, 1.165) is 12.1 Å². The molecule has 140 valence electrons. The summed E-state index contributed by atoms with van der Waals surface area (Å²) >= 11 is 0. The van der Waals surface area contributed by atoms with Crippen LogP contribution in [-0.4, -0.2) is 46.4 Å². The number of anilines is 1. The Bertz CT molecular complexity index is 900. The highest BCUT2D eigenvalue weighted by molar-refractivity contribution is 7.92. The Balaban J connectivity index is 2.34. The summed E-state index contributed by atoms with van der Waals surface area (Å²) in [6, 6.07) is 9.83. The van der Waals surface area contributed by atoms with E-state index in [4.69, 9.17) is 0 Å². The third kappa shape index (κ3) is 4.59. The van der Waals surface area contributed by atoms with Crippen LogP contribution >= 0.6 is 0 Å². The lowest BCUT2D eigenvalue weighted by Crippen LogP contribution is -2.33. The van der Waals surface area contributed by atoms with E-state index in [2.05, 4.69) is 10.0 Å². The topological polar surface area (TPSA) is 78.5 Å². The molecule has 2 aromatic rings. The number of para-hydroxylation sites is 1. The zero-order valence-corrected chi connectivity index (χ0v) is 15.7. The van der Waals surface area contributed by atoms with E-state index >= 15 is 0 Å². The molecule has 0 aliphatic heterocycles. The molecule has 2 aromatic carbocycles. The zero-order chi connectivity index (χ0) is 19.3. The summed E-state index contributed by atoms with van der Waals surface area (Å²) in [5.74, 6) is -0.808. The molecule has 8 heteroatoms. The summed E-state index contributed by atoms with van der Waals surface area (Å²) in [6.07, 6.45) is 0. The summed E-state index contributed by atoms with van der Waals surface area (Å²) in [4.78, 5) is 14.1. The average Bonchev–Trinajstić information content (AvgIpc) is 2.58. The van der Waals surface area contributed by atoms with Gasteiger partial charge >= 0.3 is 0 Å². The number of carbonyl (C=O) groups is 1. The molecule has 2 rings (SSSR count). The minimum Gasteiger partial charge on any atom is -0.340 e. The molecule has 0 aliphatic rings. The van der Waals surface area contributed by atoms with E-state index in [1.165, 1.54) is 24.0 Å². The summed E-state index contributed by atoms with van der Waals surface area (Å²) in [7, 11) is -0.528. The highest BCUT2D eigenvalue weighted by Crippen LogP contribution is 2.23. The van der Waals surface area contributed by atoms with E-state index in [1.807, 2.05) is 0 Å². The number of hydrogen-bond donors (Lipinski definition) is 2. The first-order chi connectivity index (χ1) is 12.3. The first-order valence-electron chi connectivity index (χ1n) is 8.04. The molecule has 0 saturated heterocycles. The van der Waals surface area contributed by atoms with Crippen LogP contribution in [0.2, 0.25) is 0 Å². The van der Waals surface area contributed by atoms with Gasteiger partial charge in [-0.1, -0.05) is 12.1 Å². The first-order valence-corrected chi connectivity index (χ1v) is 9.52. The molecule has 0 spiro atoms. The molecular weight excluding hydrogens is 357 g/mol. The van der Waals surface area contributed by atoms with Crippen molar-refractivity contribution in [2.45, 2.75) is 11.8 Å². The van der Waals surface area contributed by atoms with Crippen molar-refractivity contribution in [3.8, 4) is 0 Å². The van der Waals surface area contributed by atoms with Crippen molar-refractivity contribution in [2.24, 2.45) is 0 Å². The number of hydrogen-bond acceptors (Lipinski definition) is 4. The Labute approximate surface area is 153 Å². The maximum absolute atomic E-state index is 13.3. The number of halogens is 1. The molecule has 0 bridgehead atoms. The quantitative estimate of drug-likeness (QED) is 0.773. The van der Waals surface area contributed by atoms with Crippen molar-refractivity contribution in [1.29, 1.82) is 0 Å². The SMILES string of the molecule is CNCCN(C)C(=O)c1ccccc1NS(=O)(=O)c1ccc(F)cc1C. The number of amides is 1. The Morgan fingerprint density at radius 1 is 1.19 bits per heavy atom. The van der Waals surface area contributed by atoms with Crippen LogP contribution < -0.4 is 10.0 Å². The number of aryl methyl sites for hydroxylation is 1. The third-order valence-electron chi connectivity index (χ3n) is 3.87. The van der Waals surface area contributed by atoms with E-state index in [-0.39, 0.29) is 27.6 Å². The van der Waals surface area contributed by atoms with Gasteiger partial charge in [0.1, 0.15) is 5.82 Å². The first kappa shape index (κ1) is 19.9. The van der Waals surface area contributed by atoms with Crippen molar-refractivity contribution >= 4 is 21.6 Å². The predicted molar refractivity (Wildman–Crippen MR) is 99.3 cm³/mol. The van der Waals surface area contributed by atoms with Gasteiger partial charge in [0.2, 0.25) is 0 Å². The Kier molecular flexibility index (Phi) is 6.33. The second-order valence-corrected chi connectivity index (χ2v) is 7.54. The van der Waals surface area contributed by atoms with Crippen molar-refractivity contribution in [3.63, 3.8) is 0 Å². The van der Waals surface area contributed by atoms with Gasteiger partial charge in [-0.3, -0.25) is 9.52 Å². The van der Waals surface area contributed by atoms with Crippen LogP contribution in [0, 0.1) is 12.7 Å². The minimum absolute atomic E-state index is 0.0373. The summed E-state index contributed by atoms with van der Waals surface area (Å²) < 4.78 is 41.1. The van der Waals surface area contributed by atoms with Crippen molar-refractivity contribution in [1.82, 2.24) is 10.2 Å². The summed E-state index contributed by atoms with van der Waals surface area (Å²) in [5.41, 5.74) is 0.708. The number of carbonyl (C=O) groups excluding carboxylic acids is 1. The molecule has 0 saturated carbocycles. The molecule has 0 aliphatic carbocycles. The van der Waals surface area contributed by atoms with Crippen molar-refractivity contribution in [2.75, 3.05) is 31.9 Å². The lowest BCUT2D eigenvalue weighted by molar-refractivity contribution is 0.0798. The maximum atomic E-state index is 13.3. The van der Waals surface area contributed by atoms with Crippen LogP contribution in [0.5, 0.6) is 0 Å². The minimum atomic E-state index is -3.96. The number of nitrogens with one attached hydrogen (secondary N) is 2. The number of nitrogens with zero attached hydrogens (tertiary/aromatic N) is 1. The molecule has 2 N–H and O–H groups in total. The highest BCUT2D eigenvalue weighted by Gasteiger charge is 2.21. The summed E-state index contributed by atoms with van der Waals surface area (Å²) in [6.45, 7) is 2.61. The number of rotatable bonds is 7. The van der Waals surface area contributed by atoms with Gasteiger partial charge in [0.25, 0.3) is 15.9 Å². The highest BCUT2D eigenvalue weighted by atomic mass is 32.2. The van der Waals surface area contributed by atoms with E-state index < -0.39 is 15.8 Å². The van der Waals surface area contributed by atoms with E-state index in [1.54, 1.807) is 32.3 Å². The molecule has 26 heavy (non-hydrogen) atoms. The molecule has 0 atom stereocenters. The number of benzene rings is 2. The number of likely N-dealkylation sites (N-methyl/N-ethyl adjacent to an activating group) is 2. The standard InChI is InChI=1S/C18H22FN3O3S/c1-13-12-14(19)8-9-17(13)26(24,25)21-16-7-5-4-6-15(16)18(23)22(3)11-10-20-2/h4-9,12,20-21H,10-11H2,1-3H3. The van der Waals surface area contributed by atoms with Crippen LogP contribution in [0.15, 0.2) is 47.4 Å². The second-order valence-electron chi connectivity index (χ2n) is 5.89. The van der Waals surface area contributed by atoms with E-state index in [0.29, 0.717) is 13.1 Å². The van der Waals surface area contributed by atoms with Gasteiger partial charge < -0.3 is 10.2 Å². The predicted octanol–water partition coefficient (Wildman–Crippen LogP) is 2.23. The Morgan fingerprint density at radius 2 is 1.88 bits per heavy atom. The van der Waals surface area contributed by atoms with Gasteiger partial charge in [-0.2, -0.15) is 0 Å². The largest absolute Gasteiger partial charge is 0.340 e. The molecule has 0 unspecified atom stereocenters. The Morgan fingerprint density at radius 3 is 2.54 bits per heavy atom. The van der Waals surface area contributed by atoms with Crippen LogP contribution in [0.25, 0.3) is 0 Å². The lowest BCUT2D eigenvalue weighted by atomic mass is 10.1. The molecule has 6 nitrogen and oxygen atoms in total. The van der Waals surface area contributed by atoms with Crippen LogP contribution in [0.1, 0.15) is 15.9 Å². The molecule has 1 amide bonds. The average molecular weight is 379 g/mol. The van der Waals surface area contributed by atoms with E-state index in [9.17, 15) is 17.6 Å². The fourth-order valence-electron chi connectivity index (χ4n) is 2.46. The lowest BCUT2D eigenvalue weighted by Gasteiger charge is -2.19. The van der Waals surface area contributed by atoms with Gasteiger partial charge in [0, 0.05) is 20.1 Å². The summed E-state index contributed by atoms with van der Waals surface area (Å²) in [5, 5.41) is 2.95. The fraction of sp³-hybridized carbons (Fsp3) is 0.278. The van der Waals surface area contributed by atoms with Gasteiger partial charge in [0.15, 0.2) is 0 Å². The third-order valence-corrected chi connectivity index (χ3v) is 5.40. The number of sulfonamides is 1.